The lowest BCUT2D eigenvalue weighted by atomic mass is 10.1. The first-order chi connectivity index (χ1) is 5.74. The van der Waals surface area contributed by atoms with Crippen LogP contribution in [0.3, 0.4) is 0 Å². The van der Waals surface area contributed by atoms with Crippen molar-refractivity contribution >= 4 is 5.97 Å². The lowest BCUT2D eigenvalue weighted by molar-refractivity contribution is -0.135. The minimum Gasteiger partial charge on any atom is -0.465 e. The number of hydrogen-bond donors (Lipinski definition) is 0. The van der Waals surface area contributed by atoms with Gasteiger partial charge < -0.3 is 10.2 Å². The fourth-order valence-electron chi connectivity index (χ4n) is 0.964. The van der Waals surface area contributed by atoms with Crippen molar-refractivity contribution in [3.8, 4) is 0 Å². The first-order valence-corrected chi connectivity index (χ1v) is 3.89. The zero-order chi connectivity index (χ0) is 8.97. The monoisotopic (exact) mass is 184 g/mol. The molecule has 1 atom stereocenters. The molecule has 74 valence electrons. The Labute approximate surface area is 79.2 Å². The number of hydrogen-bond acceptors (Lipinski definition) is 2. The van der Waals surface area contributed by atoms with E-state index in [1.165, 1.54) is 7.11 Å². The van der Waals surface area contributed by atoms with Crippen LogP contribution in [-0.4, -0.2) is 18.6 Å². The summed E-state index contributed by atoms with van der Waals surface area (Å²) in [6.07, 6.45) is 9.40. The summed E-state index contributed by atoms with van der Waals surface area (Å²) in [6.45, 7) is 2.06. The molecule has 0 radical (unpaired) electrons. The van der Waals surface area contributed by atoms with Crippen molar-refractivity contribution in [1.82, 2.24) is 0 Å². The Morgan fingerprint density at radius 2 is 2.23 bits per heavy atom. The minimum atomic E-state index is -0.287. The van der Waals surface area contributed by atoms with Crippen LogP contribution in [0.1, 0.15) is 8.35 Å². The molecule has 1 unspecified atom stereocenters. The molecule has 0 saturated heterocycles. The Kier molecular flexibility index (Phi) is 4.77. The van der Waals surface area contributed by atoms with E-state index >= 15 is 0 Å². The number of carbonyl (C=O) groups excluding carboxylic acids is 1. The highest BCUT2D eigenvalue weighted by Crippen LogP contribution is 2.10. The minimum absolute atomic E-state index is 0. The van der Waals surface area contributed by atoms with Crippen molar-refractivity contribution in [2.45, 2.75) is 6.92 Å². The number of carbonyl (C=O) groups is 1. The van der Waals surface area contributed by atoms with Crippen molar-refractivity contribution < 1.29 is 16.4 Å². The maximum absolute atomic E-state index is 11.1. The summed E-state index contributed by atoms with van der Waals surface area (Å²) in [7, 11) is 1.38. The van der Waals surface area contributed by atoms with E-state index in [1.54, 1.807) is 12.2 Å². The van der Waals surface area contributed by atoms with Crippen molar-refractivity contribution in [3.05, 3.63) is 36.0 Å². The molecule has 2 N–H and O–H groups in total. The van der Waals surface area contributed by atoms with Crippen LogP contribution >= 0.6 is 0 Å². The first-order valence-electron chi connectivity index (χ1n) is 3.89. The van der Waals surface area contributed by atoms with Crippen LogP contribution in [0.5, 0.6) is 0 Å². The van der Waals surface area contributed by atoms with Gasteiger partial charge in [-0.25, -0.2) is 4.79 Å². The molecule has 13 heavy (non-hydrogen) atoms. The maximum atomic E-state index is 11.1. The van der Waals surface area contributed by atoms with Crippen LogP contribution in [0.4, 0.5) is 0 Å². The summed E-state index contributed by atoms with van der Waals surface area (Å²) < 4.78 is 4.59. The van der Waals surface area contributed by atoms with Gasteiger partial charge in [0.15, 0.2) is 0 Å². The number of rotatable bonds is 1. The molecule has 3 nitrogen and oxygen atoms in total. The summed E-state index contributed by atoms with van der Waals surface area (Å²) in [6, 6.07) is 0. The van der Waals surface area contributed by atoms with Crippen molar-refractivity contribution in [3.63, 3.8) is 0 Å². The molecule has 0 amide bonds. The second kappa shape index (κ2) is 5.32. The van der Waals surface area contributed by atoms with Crippen molar-refractivity contribution in [2.24, 2.45) is 5.92 Å². The fraction of sp³-hybridized carbons (Fsp3) is 0.300. The predicted molar refractivity (Wildman–Crippen MR) is 53.3 cm³/mol. The van der Waals surface area contributed by atoms with Crippen LogP contribution in [0.15, 0.2) is 36.0 Å². The van der Waals surface area contributed by atoms with Gasteiger partial charge in [-0.2, -0.15) is 0 Å². The second-order valence-electron chi connectivity index (χ2n) is 2.72. The Balaban J connectivity index is 0. The molecule has 1 rings (SSSR count). The van der Waals surface area contributed by atoms with Crippen molar-refractivity contribution in [2.75, 3.05) is 7.11 Å². The molecule has 0 heterocycles. The largest absolute Gasteiger partial charge is 0.465 e. The van der Waals surface area contributed by atoms with E-state index in [2.05, 4.69) is 11.7 Å². The van der Waals surface area contributed by atoms with Gasteiger partial charge in [0, 0.05) is 1.43 Å². The van der Waals surface area contributed by atoms with Crippen LogP contribution in [0.25, 0.3) is 0 Å². The molecule has 0 aromatic heterocycles. The Morgan fingerprint density at radius 3 is 2.85 bits per heavy atom. The predicted octanol–water partition coefficient (Wildman–Crippen LogP) is 1.27. The Morgan fingerprint density at radius 1 is 1.54 bits per heavy atom. The van der Waals surface area contributed by atoms with Gasteiger partial charge in [0.2, 0.25) is 0 Å². The Hall–Kier alpha value is -1.35. The van der Waals surface area contributed by atoms with Crippen LogP contribution in [0.2, 0.25) is 0 Å². The molecule has 0 aromatic carbocycles. The lowest BCUT2D eigenvalue weighted by Crippen LogP contribution is -2.01. The number of methoxy groups -OCH3 is 1. The highest BCUT2D eigenvalue weighted by atomic mass is 16.5. The highest BCUT2D eigenvalue weighted by Gasteiger charge is 2.06. The van der Waals surface area contributed by atoms with E-state index in [9.17, 15) is 4.79 Å². The number of esters is 1. The summed E-state index contributed by atoms with van der Waals surface area (Å²) in [5.41, 5.74) is 0.595. The van der Waals surface area contributed by atoms with Gasteiger partial charge in [-0.1, -0.05) is 31.2 Å². The molecule has 0 bridgehead atoms. The molecule has 0 spiro atoms. The summed E-state index contributed by atoms with van der Waals surface area (Å²) >= 11 is 0. The summed E-state index contributed by atoms with van der Waals surface area (Å²) in [5.74, 6) is 0.0911. The molecule has 0 fully saturated rings. The standard InChI is InChI=1S/C10H12O2.H2O.H2/c1-8-4-3-5-9(7-6-8)10(11)12-2;;/h3-8H,1-2H3;1H2;1H. The number of ether oxygens (including phenoxy) is 1. The molecule has 1 aliphatic carbocycles. The normalized spacial score (nSPS) is 19.8. The van der Waals surface area contributed by atoms with Gasteiger partial charge in [0.05, 0.1) is 12.7 Å². The zero-order valence-corrected chi connectivity index (χ0v) is 7.78. The molecule has 3 heteroatoms. The highest BCUT2D eigenvalue weighted by molar-refractivity contribution is 5.91. The van der Waals surface area contributed by atoms with Crippen molar-refractivity contribution in [1.29, 1.82) is 0 Å². The topological polar surface area (TPSA) is 57.8 Å². The van der Waals surface area contributed by atoms with Gasteiger partial charge in [-0.05, 0) is 12.0 Å². The van der Waals surface area contributed by atoms with Crippen LogP contribution in [-0.2, 0) is 9.53 Å². The van der Waals surface area contributed by atoms with E-state index in [0.717, 1.165) is 0 Å². The molecule has 0 saturated carbocycles. The number of allylic oxidation sites excluding steroid dienone is 4. The van der Waals surface area contributed by atoms with E-state index in [4.69, 9.17) is 0 Å². The smallest absolute Gasteiger partial charge is 0.337 e. The third-order valence-electron chi connectivity index (χ3n) is 1.69. The molecule has 0 aliphatic heterocycles. The van der Waals surface area contributed by atoms with Gasteiger partial charge >= 0.3 is 5.97 Å². The quantitative estimate of drug-likeness (QED) is 0.576. The van der Waals surface area contributed by atoms with Crippen LogP contribution in [0, 0.1) is 5.92 Å². The average Bonchev–Trinajstić information content (AvgIpc) is 2.29. The SMILES string of the molecule is COC(=O)C1=CC=CC(C)C=C1.O.[HH]. The van der Waals surface area contributed by atoms with Gasteiger partial charge in [0.1, 0.15) is 0 Å². The summed E-state index contributed by atoms with van der Waals surface area (Å²) in [4.78, 5) is 11.1. The van der Waals surface area contributed by atoms with Gasteiger partial charge in [-0.3, -0.25) is 0 Å². The van der Waals surface area contributed by atoms with E-state index in [0.29, 0.717) is 11.5 Å². The van der Waals surface area contributed by atoms with E-state index in [-0.39, 0.29) is 12.9 Å². The van der Waals surface area contributed by atoms with Crippen LogP contribution < -0.4 is 0 Å². The summed E-state index contributed by atoms with van der Waals surface area (Å²) in [5, 5.41) is 0. The average molecular weight is 184 g/mol. The lowest BCUT2D eigenvalue weighted by Gasteiger charge is -1.97. The maximum Gasteiger partial charge on any atom is 0.337 e. The Bertz CT molecular complexity index is 267. The van der Waals surface area contributed by atoms with Gasteiger partial charge in [-0.15, -0.1) is 0 Å². The fourth-order valence-corrected chi connectivity index (χ4v) is 0.964. The van der Waals surface area contributed by atoms with E-state index < -0.39 is 0 Å². The zero-order valence-electron chi connectivity index (χ0n) is 7.78. The second-order valence-corrected chi connectivity index (χ2v) is 2.72. The van der Waals surface area contributed by atoms with Gasteiger partial charge in [0.25, 0.3) is 0 Å². The molecule has 1 aliphatic rings. The molecule has 0 aromatic rings. The third-order valence-corrected chi connectivity index (χ3v) is 1.69. The first kappa shape index (κ1) is 11.6. The third kappa shape index (κ3) is 3.25. The molecular formula is C10H16O3. The van der Waals surface area contributed by atoms with E-state index in [1.807, 2.05) is 18.2 Å². The molecular weight excluding hydrogens is 168 g/mol.